The predicted octanol–water partition coefficient (Wildman–Crippen LogP) is 2.54. The molecule has 0 saturated carbocycles. The third-order valence-corrected chi connectivity index (χ3v) is 3.99. The molecule has 0 radical (unpaired) electrons. The van der Waals surface area contributed by atoms with Gasteiger partial charge < -0.3 is 15.0 Å². The first-order valence-electron chi connectivity index (χ1n) is 8.38. The van der Waals surface area contributed by atoms with Gasteiger partial charge in [0.15, 0.2) is 0 Å². The van der Waals surface area contributed by atoms with E-state index in [-0.39, 0.29) is 18.2 Å². The van der Waals surface area contributed by atoms with Gasteiger partial charge in [0.1, 0.15) is 11.6 Å². The van der Waals surface area contributed by atoms with Gasteiger partial charge in [-0.2, -0.15) is 0 Å². The second kappa shape index (κ2) is 9.56. The molecule has 0 atom stereocenters. The molecule has 6 heteroatoms. The van der Waals surface area contributed by atoms with Crippen LogP contribution in [0.25, 0.3) is 0 Å². The molecule has 1 N–H and O–H groups in total. The van der Waals surface area contributed by atoms with Gasteiger partial charge in [0.2, 0.25) is 11.8 Å². The predicted molar refractivity (Wildman–Crippen MR) is 97.2 cm³/mol. The largest absolute Gasteiger partial charge is 0.497 e. The molecule has 0 heterocycles. The second-order valence-corrected chi connectivity index (χ2v) is 5.91. The summed E-state index contributed by atoms with van der Waals surface area (Å²) in [6, 6.07) is 13.7. The van der Waals surface area contributed by atoms with E-state index in [0.717, 1.165) is 11.3 Å². The van der Waals surface area contributed by atoms with E-state index in [9.17, 15) is 14.0 Å². The zero-order chi connectivity index (χ0) is 18.9. The summed E-state index contributed by atoms with van der Waals surface area (Å²) in [6.07, 6.45) is -0.0226. The van der Waals surface area contributed by atoms with Crippen molar-refractivity contribution in [2.24, 2.45) is 0 Å². The molecular formula is C20H23FN2O3. The Morgan fingerprint density at radius 3 is 2.42 bits per heavy atom. The minimum absolute atomic E-state index is 0.0226. The molecule has 0 unspecified atom stereocenters. The van der Waals surface area contributed by atoms with Crippen LogP contribution in [0.2, 0.25) is 0 Å². The summed E-state index contributed by atoms with van der Waals surface area (Å²) < 4.78 is 18.7. The van der Waals surface area contributed by atoms with E-state index in [2.05, 4.69) is 5.32 Å². The molecule has 0 aliphatic carbocycles. The van der Waals surface area contributed by atoms with Crippen molar-refractivity contribution in [2.45, 2.75) is 19.9 Å². The number of benzene rings is 2. The van der Waals surface area contributed by atoms with Gasteiger partial charge in [-0.05, 0) is 29.3 Å². The van der Waals surface area contributed by atoms with Crippen LogP contribution in [0, 0.1) is 5.82 Å². The van der Waals surface area contributed by atoms with Crippen molar-refractivity contribution < 1.29 is 18.7 Å². The molecule has 138 valence electrons. The minimum Gasteiger partial charge on any atom is -0.497 e. The van der Waals surface area contributed by atoms with Crippen LogP contribution < -0.4 is 10.1 Å². The maximum atomic E-state index is 13.6. The molecule has 5 nitrogen and oxygen atoms in total. The van der Waals surface area contributed by atoms with E-state index in [0.29, 0.717) is 25.2 Å². The number of carbonyl (C=O) groups is 2. The molecule has 0 bridgehead atoms. The summed E-state index contributed by atoms with van der Waals surface area (Å²) in [6.45, 7) is 2.63. The zero-order valence-corrected chi connectivity index (χ0v) is 15.0. The number of amides is 2. The maximum Gasteiger partial charge on any atom is 0.224 e. The standard InChI is InChI=1S/C20H23FN2O3/c1-15(24)23(14-16-7-9-18(26-2)10-8-16)12-11-22-20(25)13-17-5-3-4-6-19(17)21/h3-10H,11-14H2,1-2H3,(H,22,25). The smallest absolute Gasteiger partial charge is 0.224 e. The first-order valence-corrected chi connectivity index (χ1v) is 8.38. The maximum absolute atomic E-state index is 13.6. The van der Waals surface area contributed by atoms with Crippen LogP contribution in [0.4, 0.5) is 4.39 Å². The average Bonchev–Trinajstić information content (AvgIpc) is 2.63. The number of nitrogens with one attached hydrogen (secondary N) is 1. The van der Waals surface area contributed by atoms with E-state index in [1.165, 1.54) is 13.0 Å². The molecule has 0 spiro atoms. The number of hydrogen-bond acceptors (Lipinski definition) is 3. The second-order valence-electron chi connectivity index (χ2n) is 5.91. The highest BCUT2D eigenvalue weighted by atomic mass is 19.1. The van der Waals surface area contributed by atoms with Crippen LogP contribution in [0.3, 0.4) is 0 Å². The van der Waals surface area contributed by atoms with Crippen LogP contribution in [0.15, 0.2) is 48.5 Å². The van der Waals surface area contributed by atoms with Gasteiger partial charge in [-0.3, -0.25) is 9.59 Å². The molecule has 0 aromatic heterocycles. The minimum atomic E-state index is -0.396. The Balaban J connectivity index is 1.83. The Labute approximate surface area is 152 Å². The summed E-state index contributed by atoms with van der Waals surface area (Å²) in [4.78, 5) is 25.4. The van der Waals surface area contributed by atoms with Crippen LogP contribution in [-0.4, -0.2) is 36.9 Å². The quantitative estimate of drug-likeness (QED) is 0.789. The number of nitrogens with zero attached hydrogens (tertiary/aromatic N) is 1. The molecule has 0 fully saturated rings. The molecule has 26 heavy (non-hydrogen) atoms. The molecule has 2 aromatic carbocycles. The summed E-state index contributed by atoms with van der Waals surface area (Å²) in [7, 11) is 1.60. The lowest BCUT2D eigenvalue weighted by atomic mass is 10.1. The summed E-state index contributed by atoms with van der Waals surface area (Å²) in [5.41, 5.74) is 1.32. The highest BCUT2D eigenvalue weighted by Gasteiger charge is 2.11. The Hall–Kier alpha value is -2.89. The lowest BCUT2D eigenvalue weighted by molar-refractivity contribution is -0.130. The molecule has 2 rings (SSSR count). The van der Waals surface area contributed by atoms with Crippen molar-refractivity contribution in [3.8, 4) is 5.75 Å². The normalized spacial score (nSPS) is 10.3. The number of halogens is 1. The fraction of sp³-hybridized carbons (Fsp3) is 0.300. The molecule has 0 aliphatic heterocycles. The van der Waals surface area contributed by atoms with Crippen LogP contribution in [0.1, 0.15) is 18.1 Å². The number of methoxy groups -OCH3 is 1. The number of carbonyl (C=O) groups excluding carboxylic acids is 2. The fourth-order valence-electron chi connectivity index (χ4n) is 2.51. The first kappa shape index (κ1) is 19.4. The van der Waals surface area contributed by atoms with E-state index in [1.807, 2.05) is 24.3 Å². The van der Waals surface area contributed by atoms with Gasteiger partial charge in [0.05, 0.1) is 13.5 Å². The third-order valence-electron chi connectivity index (χ3n) is 3.99. The molecular weight excluding hydrogens is 335 g/mol. The Morgan fingerprint density at radius 2 is 1.81 bits per heavy atom. The van der Waals surface area contributed by atoms with E-state index in [1.54, 1.807) is 30.2 Å². The van der Waals surface area contributed by atoms with E-state index in [4.69, 9.17) is 4.74 Å². The topological polar surface area (TPSA) is 58.6 Å². The highest BCUT2D eigenvalue weighted by molar-refractivity contribution is 5.78. The van der Waals surface area contributed by atoms with Crippen LogP contribution >= 0.6 is 0 Å². The van der Waals surface area contributed by atoms with Crippen molar-refractivity contribution in [1.29, 1.82) is 0 Å². The average molecular weight is 358 g/mol. The van der Waals surface area contributed by atoms with Crippen molar-refractivity contribution in [2.75, 3.05) is 20.2 Å². The zero-order valence-electron chi connectivity index (χ0n) is 15.0. The van der Waals surface area contributed by atoms with Gasteiger partial charge in [-0.25, -0.2) is 4.39 Å². The molecule has 2 aromatic rings. The summed E-state index contributed by atoms with van der Waals surface area (Å²) in [5, 5.41) is 2.73. The molecule has 0 saturated heterocycles. The fourth-order valence-corrected chi connectivity index (χ4v) is 2.51. The Bertz CT molecular complexity index is 747. The summed E-state index contributed by atoms with van der Waals surface area (Å²) >= 11 is 0. The SMILES string of the molecule is COc1ccc(CN(CCNC(=O)Cc2ccccc2F)C(C)=O)cc1. The van der Waals surface area contributed by atoms with Crippen molar-refractivity contribution in [3.05, 3.63) is 65.5 Å². The Kier molecular flexibility index (Phi) is 7.14. The Morgan fingerprint density at radius 1 is 1.12 bits per heavy atom. The lowest BCUT2D eigenvalue weighted by Gasteiger charge is -2.21. The van der Waals surface area contributed by atoms with Gasteiger partial charge in [-0.15, -0.1) is 0 Å². The highest BCUT2D eigenvalue weighted by Crippen LogP contribution is 2.13. The van der Waals surface area contributed by atoms with Crippen molar-refractivity contribution >= 4 is 11.8 Å². The van der Waals surface area contributed by atoms with E-state index < -0.39 is 5.82 Å². The van der Waals surface area contributed by atoms with Gasteiger partial charge in [0.25, 0.3) is 0 Å². The van der Waals surface area contributed by atoms with Gasteiger partial charge in [-0.1, -0.05) is 30.3 Å². The van der Waals surface area contributed by atoms with Crippen LogP contribution in [-0.2, 0) is 22.6 Å². The lowest BCUT2D eigenvalue weighted by Crippen LogP contribution is -2.37. The number of rotatable bonds is 8. The third kappa shape index (κ3) is 5.88. The number of hydrogen-bond donors (Lipinski definition) is 1. The van der Waals surface area contributed by atoms with Gasteiger partial charge in [0, 0.05) is 26.6 Å². The van der Waals surface area contributed by atoms with E-state index >= 15 is 0 Å². The van der Waals surface area contributed by atoms with Crippen molar-refractivity contribution in [1.82, 2.24) is 10.2 Å². The molecule has 2 amide bonds. The first-order chi connectivity index (χ1) is 12.5. The molecule has 0 aliphatic rings. The van der Waals surface area contributed by atoms with Crippen LogP contribution in [0.5, 0.6) is 5.75 Å². The monoisotopic (exact) mass is 358 g/mol. The van der Waals surface area contributed by atoms with Crippen molar-refractivity contribution in [3.63, 3.8) is 0 Å². The van der Waals surface area contributed by atoms with Gasteiger partial charge >= 0.3 is 0 Å². The number of ether oxygens (including phenoxy) is 1. The summed E-state index contributed by atoms with van der Waals surface area (Å²) in [5.74, 6) is 0.00303.